The van der Waals surface area contributed by atoms with Gasteiger partial charge in [-0.1, -0.05) is 25.1 Å². The highest BCUT2D eigenvalue weighted by Crippen LogP contribution is 2.47. The van der Waals surface area contributed by atoms with Gasteiger partial charge in [0.1, 0.15) is 11.5 Å². The molecular weight excluding hydrogens is 326 g/mol. The van der Waals surface area contributed by atoms with Gasteiger partial charge in [-0.25, -0.2) is 4.68 Å². The fourth-order valence-corrected chi connectivity index (χ4v) is 3.07. The van der Waals surface area contributed by atoms with E-state index >= 15 is 0 Å². The first-order valence-corrected chi connectivity index (χ1v) is 8.84. The number of hydrogen-bond acceptors (Lipinski definition) is 3. The molecule has 4 rings (SSSR count). The summed E-state index contributed by atoms with van der Waals surface area (Å²) in [5.41, 5.74) is 1.96. The molecule has 1 N–H and O–H groups in total. The molecule has 1 saturated carbocycles. The fourth-order valence-electron chi connectivity index (χ4n) is 3.07. The van der Waals surface area contributed by atoms with Crippen LogP contribution in [0.4, 0.5) is 0 Å². The third-order valence-corrected chi connectivity index (χ3v) is 4.72. The minimum absolute atomic E-state index is 0.155. The maximum absolute atomic E-state index is 12.1. The number of nitrogens with one attached hydrogen (secondary N) is 1. The van der Waals surface area contributed by atoms with Crippen molar-refractivity contribution in [2.24, 2.45) is 5.92 Å². The van der Waals surface area contributed by atoms with Gasteiger partial charge >= 0.3 is 0 Å². The van der Waals surface area contributed by atoms with E-state index in [1.165, 1.54) is 12.5 Å². The second kappa shape index (κ2) is 7.04. The Morgan fingerprint density at radius 3 is 2.92 bits per heavy atom. The van der Waals surface area contributed by atoms with E-state index in [9.17, 15) is 4.79 Å². The van der Waals surface area contributed by atoms with E-state index in [1.807, 2.05) is 48.7 Å². The van der Waals surface area contributed by atoms with Gasteiger partial charge in [0.15, 0.2) is 0 Å². The number of para-hydroxylation sites is 1. The van der Waals surface area contributed by atoms with Crippen LogP contribution in [0, 0.1) is 5.92 Å². The van der Waals surface area contributed by atoms with E-state index in [0.29, 0.717) is 24.1 Å². The Labute approximate surface area is 152 Å². The van der Waals surface area contributed by atoms with Crippen LogP contribution >= 0.6 is 0 Å². The van der Waals surface area contributed by atoms with Crippen LogP contribution in [0.25, 0.3) is 11.8 Å². The summed E-state index contributed by atoms with van der Waals surface area (Å²) in [4.78, 5) is 12.1. The smallest absolute Gasteiger partial charge is 0.244 e. The molecule has 1 aromatic carbocycles. The Hall–Kier alpha value is -3.08. The van der Waals surface area contributed by atoms with Crippen LogP contribution in [0.15, 0.2) is 65.4 Å². The highest BCUT2D eigenvalue weighted by Gasteiger charge is 2.36. The summed E-state index contributed by atoms with van der Waals surface area (Å²) in [5, 5.41) is 7.17. The summed E-state index contributed by atoms with van der Waals surface area (Å²) in [6.07, 6.45) is 8.03. The number of nitrogens with zero attached hydrogens (tertiary/aromatic N) is 2. The molecule has 5 heteroatoms. The summed E-state index contributed by atoms with van der Waals surface area (Å²) in [6, 6.07) is 13.7. The molecule has 1 amide bonds. The normalized spacial score (nSPS) is 19.0. The molecule has 2 heterocycles. The van der Waals surface area contributed by atoms with Crippen LogP contribution in [0.1, 0.15) is 36.3 Å². The van der Waals surface area contributed by atoms with E-state index in [4.69, 9.17) is 4.42 Å². The predicted octanol–water partition coefficient (Wildman–Crippen LogP) is 3.92. The number of benzene rings is 1. The molecule has 0 radical (unpaired) electrons. The fraction of sp³-hybridized carbons (Fsp3) is 0.238. The van der Waals surface area contributed by atoms with E-state index in [1.54, 1.807) is 17.0 Å². The summed E-state index contributed by atoms with van der Waals surface area (Å²) < 4.78 is 7.57. The van der Waals surface area contributed by atoms with E-state index < -0.39 is 0 Å². The Bertz CT molecular complexity index is 924. The molecule has 3 aromatic rings. The van der Waals surface area contributed by atoms with Gasteiger partial charge in [0, 0.05) is 30.9 Å². The predicted molar refractivity (Wildman–Crippen MR) is 99.7 cm³/mol. The van der Waals surface area contributed by atoms with Crippen LogP contribution in [0.2, 0.25) is 0 Å². The lowest BCUT2D eigenvalue weighted by Crippen LogP contribution is -2.21. The summed E-state index contributed by atoms with van der Waals surface area (Å²) in [5.74, 6) is 2.83. The second-order valence-electron chi connectivity index (χ2n) is 6.69. The molecular formula is C21H21N3O2. The molecule has 5 nitrogen and oxygen atoms in total. The number of carbonyl (C=O) groups is 1. The molecule has 0 spiro atoms. The van der Waals surface area contributed by atoms with Crippen molar-refractivity contribution in [2.45, 2.75) is 25.8 Å². The van der Waals surface area contributed by atoms with Crippen LogP contribution in [0.5, 0.6) is 0 Å². The van der Waals surface area contributed by atoms with Crippen molar-refractivity contribution in [3.05, 3.63) is 78.0 Å². The molecule has 132 valence electrons. The lowest BCUT2D eigenvalue weighted by molar-refractivity contribution is -0.116. The van der Waals surface area contributed by atoms with Crippen LogP contribution in [-0.4, -0.2) is 15.7 Å². The SMILES string of the molecule is CC1CC1c1ccc(/C=C/C(=O)NCc2ccccc2-n2cccn2)o1. The second-order valence-corrected chi connectivity index (χ2v) is 6.69. The van der Waals surface area contributed by atoms with Gasteiger partial charge in [-0.15, -0.1) is 0 Å². The van der Waals surface area contributed by atoms with Crippen molar-refractivity contribution < 1.29 is 9.21 Å². The molecule has 2 unspecified atom stereocenters. The zero-order valence-corrected chi connectivity index (χ0v) is 14.6. The van der Waals surface area contributed by atoms with Crippen molar-refractivity contribution in [1.29, 1.82) is 0 Å². The van der Waals surface area contributed by atoms with Gasteiger partial charge in [-0.2, -0.15) is 5.10 Å². The molecule has 26 heavy (non-hydrogen) atoms. The lowest BCUT2D eigenvalue weighted by Gasteiger charge is -2.09. The minimum Gasteiger partial charge on any atom is -0.461 e. The third-order valence-electron chi connectivity index (χ3n) is 4.72. The van der Waals surface area contributed by atoms with Crippen LogP contribution in [0.3, 0.4) is 0 Å². The highest BCUT2D eigenvalue weighted by atomic mass is 16.3. The van der Waals surface area contributed by atoms with Gasteiger partial charge in [-0.05, 0) is 48.2 Å². The Kier molecular flexibility index (Phi) is 4.44. The largest absolute Gasteiger partial charge is 0.461 e. The van der Waals surface area contributed by atoms with Crippen molar-refractivity contribution in [2.75, 3.05) is 0 Å². The Morgan fingerprint density at radius 1 is 1.31 bits per heavy atom. The highest BCUT2D eigenvalue weighted by molar-refractivity contribution is 5.91. The van der Waals surface area contributed by atoms with Crippen LogP contribution < -0.4 is 5.32 Å². The molecule has 0 saturated heterocycles. The maximum Gasteiger partial charge on any atom is 0.244 e. The van der Waals surface area contributed by atoms with Gasteiger partial charge in [0.25, 0.3) is 0 Å². The van der Waals surface area contributed by atoms with Gasteiger partial charge < -0.3 is 9.73 Å². The third kappa shape index (κ3) is 3.61. The molecule has 1 aliphatic rings. The van der Waals surface area contributed by atoms with Gasteiger partial charge in [0.2, 0.25) is 5.91 Å². The van der Waals surface area contributed by atoms with Crippen molar-refractivity contribution in [1.82, 2.24) is 15.1 Å². The first-order chi connectivity index (χ1) is 12.7. The molecule has 2 aromatic heterocycles. The Balaban J connectivity index is 1.36. The van der Waals surface area contributed by atoms with Gasteiger partial charge in [-0.3, -0.25) is 4.79 Å². The lowest BCUT2D eigenvalue weighted by atomic mass is 10.2. The first kappa shape index (κ1) is 16.4. The molecule has 0 bridgehead atoms. The monoisotopic (exact) mass is 347 g/mol. The number of aromatic nitrogens is 2. The maximum atomic E-state index is 12.1. The Morgan fingerprint density at radius 2 is 2.15 bits per heavy atom. The minimum atomic E-state index is -0.155. The molecule has 2 atom stereocenters. The standard InChI is InChI=1S/C21H21N3O2/c1-15-13-18(15)20-9-7-17(26-20)8-10-21(25)22-14-16-5-2-3-6-19(16)24-12-4-11-23-24/h2-12,15,18H,13-14H2,1H3,(H,22,25)/b10-8+. The van der Waals surface area contributed by atoms with E-state index in [2.05, 4.69) is 17.3 Å². The summed E-state index contributed by atoms with van der Waals surface area (Å²) in [6.45, 7) is 2.65. The number of rotatable bonds is 6. The molecule has 1 aliphatic carbocycles. The summed E-state index contributed by atoms with van der Waals surface area (Å²) in [7, 11) is 0. The quantitative estimate of drug-likeness (QED) is 0.688. The molecule has 1 fully saturated rings. The van der Waals surface area contributed by atoms with Crippen molar-refractivity contribution >= 4 is 12.0 Å². The number of carbonyl (C=O) groups excluding carboxylic acids is 1. The average molecular weight is 347 g/mol. The van der Waals surface area contributed by atoms with Crippen LogP contribution in [-0.2, 0) is 11.3 Å². The number of furan rings is 1. The van der Waals surface area contributed by atoms with E-state index in [0.717, 1.165) is 17.0 Å². The topological polar surface area (TPSA) is 60.1 Å². The zero-order valence-electron chi connectivity index (χ0n) is 14.6. The van der Waals surface area contributed by atoms with Crippen molar-refractivity contribution in [3.63, 3.8) is 0 Å². The van der Waals surface area contributed by atoms with Gasteiger partial charge in [0.05, 0.1) is 5.69 Å². The summed E-state index contributed by atoms with van der Waals surface area (Å²) >= 11 is 0. The first-order valence-electron chi connectivity index (χ1n) is 8.84. The van der Waals surface area contributed by atoms with E-state index in [-0.39, 0.29) is 5.91 Å². The number of amides is 1. The zero-order chi connectivity index (χ0) is 17.9. The number of hydrogen-bond donors (Lipinski definition) is 1. The van der Waals surface area contributed by atoms with Crippen molar-refractivity contribution in [3.8, 4) is 5.69 Å². The average Bonchev–Trinajstić information content (AvgIpc) is 3.10. The molecule has 0 aliphatic heterocycles.